The summed E-state index contributed by atoms with van der Waals surface area (Å²) in [5.41, 5.74) is 0.742. The Balaban J connectivity index is 2.05. The summed E-state index contributed by atoms with van der Waals surface area (Å²) >= 11 is 0. The molecule has 1 aliphatic carbocycles. The predicted octanol–water partition coefficient (Wildman–Crippen LogP) is 4.09. The van der Waals surface area contributed by atoms with E-state index in [2.05, 4.69) is 11.2 Å². The molecule has 0 spiro atoms. The standard InChI is InChI=1S/C20H28O4S/c1-17(2)25(21,22)15-7-14-20(12-5-4-6-13-20)24-16-18-8-10-19(23-3)11-9-18/h8-11,17H,4-6,12-14,16H2,1-3H3. The molecule has 1 fully saturated rings. The molecule has 0 heterocycles. The summed E-state index contributed by atoms with van der Waals surface area (Å²) in [5.74, 6) is 3.71. The van der Waals surface area contributed by atoms with Gasteiger partial charge < -0.3 is 9.47 Å². The molecule has 1 aromatic carbocycles. The maximum atomic E-state index is 11.9. The van der Waals surface area contributed by atoms with Crippen molar-refractivity contribution in [2.24, 2.45) is 0 Å². The van der Waals surface area contributed by atoms with Gasteiger partial charge in [-0.25, -0.2) is 8.42 Å². The Kier molecular flexibility index (Phi) is 6.92. The zero-order valence-electron chi connectivity index (χ0n) is 15.4. The van der Waals surface area contributed by atoms with Gasteiger partial charge in [0, 0.05) is 11.7 Å². The van der Waals surface area contributed by atoms with E-state index in [1.807, 2.05) is 24.3 Å². The molecule has 5 heteroatoms. The van der Waals surface area contributed by atoms with Crippen LogP contribution in [0.3, 0.4) is 0 Å². The Bertz CT molecular complexity index is 702. The molecule has 0 unspecified atom stereocenters. The molecule has 25 heavy (non-hydrogen) atoms. The third-order valence-electron chi connectivity index (χ3n) is 4.71. The van der Waals surface area contributed by atoms with Crippen LogP contribution in [-0.4, -0.2) is 26.4 Å². The fourth-order valence-electron chi connectivity index (χ4n) is 2.94. The maximum absolute atomic E-state index is 11.9. The highest BCUT2D eigenvalue weighted by Gasteiger charge is 2.32. The molecule has 0 N–H and O–H groups in total. The van der Waals surface area contributed by atoms with Crippen molar-refractivity contribution in [3.8, 4) is 16.9 Å². The van der Waals surface area contributed by atoms with E-state index in [9.17, 15) is 8.42 Å². The largest absolute Gasteiger partial charge is 0.497 e. The molecular weight excluding hydrogens is 336 g/mol. The van der Waals surface area contributed by atoms with Crippen molar-refractivity contribution < 1.29 is 17.9 Å². The highest BCUT2D eigenvalue weighted by molar-refractivity contribution is 7.96. The molecule has 138 valence electrons. The lowest BCUT2D eigenvalue weighted by Crippen LogP contribution is -2.34. The van der Waals surface area contributed by atoms with Gasteiger partial charge in [0.15, 0.2) is 0 Å². The van der Waals surface area contributed by atoms with Crippen LogP contribution in [0.25, 0.3) is 0 Å². The van der Waals surface area contributed by atoms with Crippen molar-refractivity contribution >= 4 is 9.84 Å². The number of sulfone groups is 1. The van der Waals surface area contributed by atoms with Crippen LogP contribution < -0.4 is 4.74 Å². The highest BCUT2D eigenvalue weighted by Crippen LogP contribution is 2.35. The van der Waals surface area contributed by atoms with E-state index in [1.54, 1.807) is 21.0 Å². The lowest BCUT2D eigenvalue weighted by atomic mass is 9.82. The van der Waals surface area contributed by atoms with Crippen molar-refractivity contribution in [2.75, 3.05) is 7.11 Å². The van der Waals surface area contributed by atoms with Gasteiger partial charge in [0.25, 0.3) is 0 Å². The van der Waals surface area contributed by atoms with Gasteiger partial charge in [-0.05, 0) is 44.4 Å². The summed E-state index contributed by atoms with van der Waals surface area (Å²) in [6, 6.07) is 7.82. The molecule has 1 saturated carbocycles. The third-order valence-corrected chi connectivity index (χ3v) is 6.38. The maximum Gasteiger partial charge on any atom is 0.219 e. The summed E-state index contributed by atoms with van der Waals surface area (Å²) in [7, 11) is -1.69. The normalized spacial score (nSPS) is 17.0. The first-order valence-electron chi connectivity index (χ1n) is 8.87. The average Bonchev–Trinajstić information content (AvgIpc) is 2.61. The molecule has 0 saturated heterocycles. The van der Waals surface area contributed by atoms with Crippen LogP contribution in [0, 0.1) is 11.2 Å². The van der Waals surface area contributed by atoms with Crippen LogP contribution in [0.5, 0.6) is 5.75 Å². The summed E-state index contributed by atoms with van der Waals surface area (Å²) in [4.78, 5) is 0. The van der Waals surface area contributed by atoms with Gasteiger partial charge in [0.05, 0.1) is 24.6 Å². The van der Waals surface area contributed by atoms with Crippen molar-refractivity contribution in [3.05, 3.63) is 29.8 Å². The lowest BCUT2D eigenvalue weighted by Gasteiger charge is -2.36. The molecule has 0 amide bonds. The minimum Gasteiger partial charge on any atom is -0.497 e. The van der Waals surface area contributed by atoms with Crippen LogP contribution in [0.15, 0.2) is 24.3 Å². The summed E-state index contributed by atoms with van der Waals surface area (Å²) in [6.45, 7) is 3.81. The number of rotatable bonds is 6. The van der Waals surface area contributed by atoms with Crippen molar-refractivity contribution in [1.29, 1.82) is 0 Å². The zero-order chi connectivity index (χ0) is 18.3. The predicted molar refractivity (Wildman–Crippen MR) is 100 cm³/mol. The molecule has 0 aromatic heterocycles. The van der Waals surface area contributed by atoms with E-state index < -0.39 is 15.1 Å². The van der Waals surface area contributed by atoms with Gasteiger partial charge in [0.2, 0.25) is 9.84 Å². The second kappa shape index (κ2) is 8.73. The van der Waals surface area contributed by atoms with E-state index in [-0.39, 0.29) is 5.60 Å². The van der Waals surface area contributed by atoms with E-state index in [0.29, 0.717) is 13.0 Å². The topological polar surface area (TPSA) is 52.6 Å². The first-order chi connectivity index (χ1) is 11.9. The van der Waals surface area contributed by atoms with Crippen molar-refractivity contribution in [3.63, 3.8) is 0 Å². The van der Waals surface area contributed by atoms with Gasteiger partial charge in [0.1, 0.15) is 5.75 Å². The SMILES string of the molecule is COc1ccc(COC2(CC#CS(=O)(=O)C(C)C)CCCCC2)cc1. The molecule has 0 radical (unpaired) electrons. The lowest BCUT2D eigenvalue weighted by molar-refractivity contribution is -0.0767. The van der Waals surface area contributed by atoms with E-state index in [0.717, 1.165) is 37.0 Å². The van der Waals surface area contributed by atoms with E-state index >= 15 is 0 Å². The van der Waals surface area contributed by atoms with Crippen LogP contribution in [0.4, 0.5) is 0 Å². The number of ether oxygens (including phenoxy) is 2. The Hall–Kier alpha value is -1.51. The molecule has 2 rings (SSSR count). The highest BCUT2D eigenvalue weighted by atomic mass is 32.2. The third kappa shape index (κ3) is 5.76. The van der Waals surface area contributed by atoms with Crippen LogP contribution in [0.1, 0.15) is 57.9 Å². The number of hydrogen-bond donors (Lipinski definition) is 0. The van der Waals surface area contributed by atoms with Gasteiger partial charge in [-0.3, -0.25) is 0 Å². The Morgan fingerprint density at radius 2 is 1.76 bits per heavy atom. The van der Waals surface area contributed by atoms with Gasteiger partial charge >= 0.3 is 0 Å². The van der Waals surface area contributed by atoms with Crippen molar-refractivity contribution in [1.82, 2.24) is 0 Å². The van der Waals surface area contributed by atoms with Crippen molar-refractivity contribution in [2.45, 2.75) is 69.8 Å². The minimum atomic E-state index is -3.33. The van der Waals surface area contributed by atoms with Crippen LogP contribution in [-0.2, 0) is 21.2 Å². The Labute approximate surface area is 151 Å². The van der Waals surface area contributed by atoms with Gasteiger partial charge in [-0.1, -0.05) is 37.3 Å². The first-order valence-corrected chi connectivity index (χ1v) is 10.4. The quantitative estimate of drug-likeness (QED) is 0.563. The smallest absolute Gasteiger partial charge is 0.219 e. The first kappa shape index (κ1) is 19.8. The molecule has 1 aliphatic rings. The average molecular weight is 365 g/mol. The minimum absolute atomic E-state index is 0.336. The fourth-order valence-corrected chi connectivity index (χ4v) is 3.45. The van der Waals surface area contributed by atoms with E-state index in [1.165, 1.54) is 6.42 Å². The summed E-state index contributed by atoms with van der Waals surface area (Å²) in [5, 5.41) is 2.00. The Morgan fingerprint density at radius 1 is 1.12 bits per heavy atom. The molecule has 0 atom stereocenters. The molecule has 0 aliphatic heterocycles. The van der Waals surface area contributed by atoms with E-state index in [4.69, 9.17) is 9.47 Å². The molecule has 1 aromatic rings. The number of hydrogen-bond acceptors (Lipinski definition) is 4. The number of methoxy groups -OCH3 is 1. The second-order valence-corrected chi connectivity index (χ2v) is 9.17. The zero-order valence-corrected chi connectivity index (χ0v) is 16.2. The molecule has 0 bridgehead atoms. The second-order valence-electron chi connectivity index (χ2n) is 6.93. The fraction of sp³-hybridized carbons (Fsp3) is 0.600. The van der Waals surface area contributed by atoms with Crippen LogP contribution >= 0.6 is 0 Å². The summed E-state index contributed by atoms with van der Waals surface area (Å²) < 4.78 is 35.2. The molecule has 4 nitrogen and oxygen atoms in total. The summed E-state index contributed by atoms with van der Waals surface area (Å²) in [6.07, 6.45) is 5.72. The molecular formula is C20H28O4S. The van der Waals surface area contributed by atoms with Gasteiger partial charge in [-0.2, -0.15) is 0 Å². The van der Waals surface area contributed by atoms with Crippen LogP contribution in [0.2, 0.25) is 0 Å². The monoisotopic (exact) mass is 364 g/mol. The Morgan fingerprint density at radius 3 is 2.32 bits per heavy atom. The van der Waals surface area contributed by atoms with Gasteiger partial charge in [-0.15, -0.1) is 0 Å². The number of benzene rings is 1.